The van der Waals surface area contributed by atoms with Crippen LogP contribution in [0.3, 0.4) is 0 Å². The lowest BCUT2D eigenvalue weighted by Gasteiger charge is -2.11. The van der Waals surface area contributed by atoms with Gasteiger partial charge < -0.3 is 9.47 Å². The summed E-state index contributed by atoms with van der Waals surface area (Å²) in [5.41, 5.74) is 6.73. The third kappa shape index (κ3) is 5.46. The Morgan fingerprint density at radius 2 is 1.89 bits per heavy atom. The van der Waals surface area contributed by atoms with Crippen LogP contribution < -0.4 is 4.74 Å². The van der Waals surface area contributed by atoms with E-state index in [1.807, 2.05) is 12.1 Å². The molecule has 0 bridgehead atoms. The van der Waals surface area contributed by atoms with Crippen molar-refractivity contribution in [1.29, 1.82) is 0 Å². The summed E-state index contributed by atoms with van der Waals surface area (Å²) in [5.74, 6) is 0.749. The molecule has 0 N–H and O–H groups in total. The van der Waals surface area contributed by atoms with Gasteiger partial charge in [0.25, 0.3) is 0 Å². The highest BCUT2D eigenvalue weighted by Gasteiger charge is 2.16. The van der Waals surface area contributed by atoms with Gasteiger partial charge >= 0.3 is 5.97 Å². The summed E-state index contributed by atoms with van der Waals surface area (Å²) in [4.78, 5) is 11.2. The van der Waals surface area contributed by atoms with Crippen molar-refractivity contribution in [3.8, 4) is 5.75 Å². The molecule has 1 aliphatic rings. The number of hydrogen-bond donors (Lipinski definition) is 0. The number of hydrogen-bond acceptors (Lipinski definition) is 3. The summed E-state index contributed by atoms with van der Waals surface area (Å²) in [6, 6.07) is 17.0. The minimum atomic E-state index is -0.149. The van der Waals surface area contributed by atoms with E-state index in [0.717, 1.165) is 31.4 Å². The van der Waals surface area contributed by atoms with E-state index in [0.29, 0.717) is 13.0 Å². The molecular formula is C24H28O3. The van der Waals surface area contributed by atoms with Gasteiger partial charge in [0, 0.05) is 6.42 Å². The number of ether oxygens (including phenoxy) is 2. The van der Waals surface area contributed by atoms with E-state index in [2.05, 4.69) is 48.1 Å². The van der Waals surface area contributed by atoms with E-state index in [4.69, 9.17) is 4.74 Å². The predicted octanol–water partition coefficient (Wildman–Crippen LogP) is 5.51. The minimum absolute atomic E-state index is 0.149. The van der Waals surface area contributed by atoms with Gasteiger partial charge in [-0.25, -0.2) is 0 Å². The zero-order valence-corrected chi connectivity index (χ0v) is 16.3. The SMILES string of the molecule is COC(=O)CCCc1ccc(OCC2=C(c3cccc(C)c3)CCC2)cc1. The van der Waals surface area contributed by atoms with Crippen LogP contribution >= 0.6 is 0 Å². The van der Waals surface area contributed by atoms with Crippen molar-refractivity contribution in [2.24, 2.45) is 0 Å². The zero-order chi connectivity index (χ0) is 19.1. The van der Waals surface area contributed by atoms with Crippen LogP contribution in [0.5, 0.6) is 5.75 Å². The molecule has 0 saturated heterocycles. The molecule has 0 unspecified atom stereocenters. The number of rotatable bonds is 8. The fraction of sp³-hybridized carbons (Fsp3) is 0.375. The molecule has 3 heteroatoms. The molecule has 2 aromatic carbocycles. The average molecular weight is 364 g/mol. The smallest absolute Gasteiger partial charge is 0.305 e. The predicted molar refractivity (Wildman–Crippen MR) is 109 cm³/mol. The van der Waals surface area contributed by atoms with Crippen LogP contribution in [-0.4, -0.2) is 19.7 Å². The topological polar surface area (TPSA) is 35.5 Å². The summed E-state index contributed by atoms with van der Waals surface area (Å²) < 4.78 is 10.7. The number of esters is 1. The van der Waals surface area contributed by atoms with Crippen molar-refractivity contribution in [1.82, 2.24) is 0 Å². The Bertz CT molecular complexity index is 803. The van der Waals surface area contributed by atoms with Gasteiger partial charge in [0.1, 0.15) is 12.4 Å². The van der Waals surface area contributed by atoms with E-state index in [-0.39, 0.29) is 5.97 Å². The number of carbonyl (C=O) groups excluding carboxylic acids is 1. The standard InChI is InChI=1S/C24H28O3/c1-18-6-3-8-20(16-18)23-10-5-9-21(23)17-27-22-14-12-19(13-15-22)7-4-11-24(25)26-2/h3,6,8,12-16H,4-5,7,9-11,17H2,1-2H3. The van der Waals surface area contributed by atoms with Gasteiger partial charge in [0.05, 0.1) is 7.11 Å². The Morgan fingerprint density at radius 3 is 2.63 bits per heavy atom. The first-order chi connectivity index (χ1) is 13.2. The van der Waals surface area contributed by atoms with Crippen molar-refractivity contribution < 1.29 is 14.3 Å². The van der Waals surface area contributed by atoms with Crippen molar-refractivity contribution in [2.45, 2.75) is 45.4 Å². The fourth-order valence-electron chi connectivity index (χ4n) is 3.61. The van der Waals surface area contributed by atoms with Crippen molar-refractivity contribution in [3.05, 3.63) is 70.8 Å². The normalized spacial score (nSPS) is 13.7. The van der Waals surface area contributed by atoms with E-state index in [1.54, 1.807) is 0 Å². The minimum Gasteiger partial charge on any atom is -0.489 e. The molecule has 3 nitrogen and oxygen atoms in total. The number of carbonyl (C=O) groups is 1. The molecule has 0 heterocycles. The zero-order valence-electron chi connectivity index (χ0n) is 16.3. The first-order valence-electron chi connectivity index (χ1n) is 9.72. The highest BCUT2D eigenvalue weighted by molar-refractivity contribution is 5.71. The maximum Gasteiger partial charge on any atom is 0.305 e. The summed E-state index contributed by atoms with van der Waals surface area (Å²) in [6.45, 7) is 2.80. The third-order valence-corrected chi connectivity index (χ3v) is 5.11. The number of allylic oxidation sites excluding steroid dienone is 1. The van der Waals surface area contributed by atoms with E-state index < -0.39 is 0 Å². The van der Waals surface area contributed by atoms with Gasteiger partial charge in [-0.2, -0.15) is 0 Å². The molecule has 0 saturated carbocycles. The number of methoxy groups -OCH3 is 1. The molecule has 2 aromatic rings. The van der Waals surface area contributed by atoms with Crippen LogP contribution in [0, 0.1) is 6.92 Å². The van der Waals surface area contributed by atoms with Gasteiger partial charge in [-0.3, -0.25) is 4.79 Å². The van der Waals surface area contributed by atoms with Crippen molar-refractivity contribution in [3.63, 3.8) is 0 Å². The molecule has 3 rings (SSSR count). The molecule has 0 atom stereocenters. The van der Waals surface area contributed by atoms with Gasteiger partial charge in [-0.05, 0) is 73.4 Å². The summed E-state index contributed by atoms with van der Waals surface area (Å²) >= 11 is 0. The van der Waals surface area contributed by atoms with Crippen LogP contribution in [0.1, 0.15) is 48.8 Å². The monoisotopic (exact) mass is 364 g/mol. The van der Waals surface area contributed by atoms with Crippen LogP contribution in [0.2, 0.25) is 0 Å². The molecule has 142 valence electrons. The largest absolute Gasteiger partial charge is 0.489 e. The summed E-state index contributed by atoms with van der Waals surface area (Å²) in [6.07, 6.45) is 5.61. The Labute approximate surface area is 162 Å². The molecule has 27 heavy (non-hydrogen) atoms. The molecule has 0 spiro atoms. The Kier molecular flexibility index (Phi) is 6.69. The Morgan fingerprint density at radius 1 is 1.07 bits per heavy atom. The first kappa shape index (κ1) is 19.2. The third-order valence-electron chi connectivity index (χ3n) is 5.11. The lowest BCUT2D eigenvalue weighted by Crippen LogP contribution is -2.02. The first-order valence-corrected chi connectivity index (χ1v) is 9.72. The summed E-state index contributed by atoms with van der Waals surface area (Å²) in [5, 5.41) is 0. The molecular weight excluding hydrogens is 336 g/mol. The van der Waals surface area contributed by atoms with Gasteiger partial charge in [-0.1, -0.05) is 42.0 Å². The van der Waals surface area contributed by atoms with Crippen molar-refractivity contribution in [2.75, 3.05) is 13.7 Å². The van der Waals surface area contributed by atoms with Crippen LogP contribution in [0.25, 0.3) is 5.57 Å². The number of benzene rings is 2. The highest BCUT2D eigenvalue weighted by atomic mass is 16.5. The molecule has 0 aliphatic heterocycles. The van der Waals surface area contributed by atoms with Crippen LogP contribution in [0.15, 0.2) is 54.1 Å². The maximum atomic E-state index is 11.2. The molecule has 0 amide bonds. The second kappa shape index (κ2) is 9.40. The second-order valence-electron chi connectivity index (χ2n) is 7.17. The highest BCUT2D eigenvalue weighted by Crippen LogP contribution is 2.34. The van der Waals surface area contributed by atoms with Gasteiger partial charge in [0.2, 0.25) is 0 Å². The van der Waals surface area contributed by atoms with Crippen LogP contribution in [-0.2, 0) is 16.0 Å². The van der Waals surface area contributed by atoms with Crippen molar-refractivity contribution >= 4 is 11.5 Å². The molecule has 0 fully saturated rings. The fourth-order valence-corrected chi connectivity index (χ4v) is 3.61. The second-order valence-corrected chi connectivity index (χ2v) is 7.17. The van der Waals surface area contributed by atoms with Gasteiger partial charge in [-0.15, -0.1) is 0 Å². The quantitative estimate of drug-likeness (QED) is 0.580. The summed E-state index contributed by atoms with van der Waals surface area (Å²) in [7, 11) is 1.43. The molecule has 1 aliphatic carbocycles. The number of aryl methyl sites for hydroxylation is 2. The lowest BCUT2D eigenvalue weighted by molar-refractivity contribution is -0.140. The van der Waals surface area contributed by atoms with E-state index >= 15 is 0 Å². The molecule has 0 radical (unpaired) electrons. The average Bonchev–Trinajstić information content (AvgIpc) is 3.16. The maximum absolute atomic E-state index is 11.2. The van der Waals surface area contributed by atoms with Gasteiger partial charge in [0.15, 0.2) is 0 Å². The Balaban J connectivity index is 1.56. The van der Waals surface area contributed by atoms with E-state index in [1.165, 1.54) is 41.4 Å². The van der Waals surface area contributed by atoms with E-state index in [9.17, 15) is 4.79 Å². The van der Waals surface area contributed by atoms with Crippen LogP contribution in [0.4, 0.5) is 0 Å². The Hall–Kier alpha value is -2.55. The lowest BCUT2D eigenvalue weighted by atomic mass is 10.0. The molecule has 0 aromatic heterocycles.